The summed E-state index contributed by atoms with van der Waals surface area (Å²) in [6, 6.07) is -0.505. The van der Waals surface area contributed by atoms with Crippen LogP contribution in [0.15, 0.2) is 0 Å². The van der Waals surface area contributed by atoms with Crippen LogP contribution >= 0.6 is 0 Å². The van der Waals surface area contributed by atoms with Crippen LogP contribution in [0.25, 0.3) is 0 Å². The number of alkyl halides is 2. The number of hydrogen-bond acceptors (Lipinski definition) is 3. The molecule has 2 aliphatic rings. The van der Waals surface area contributed by atoms with Gasteiger partial charge in [-0.05, 0) is 19.3 Å². The topological polar surface area (TPSA) is 69.6 Å². The van der Waals surface area contributed by atoms with E-state index in [1.165, 1.54) is 4.90 Å². The highest BCUT2D eigenvalue weighted by molar-refractivity contribution is 5.87. The van der Waals surface area contributed by atoms with Gasteiger partial charge in [-0.3, -0.25) is 9.59 Å². The largest absolute Gasteiger partial charge is 0.383 e. The van der Waals surface area contributed by atoms with Gasteiger partial charge in [-0.15, -0.1) is 0 Å². The van der Waals surface area contributed by atoms with Crippen LogP contribution in [-0.4, -0.2) is 53.0 Å². The molecule has 1 saturated carbocycles. The first-order valence-electron chi connectivity index (χ1n) is 6.51. The predicted octanol–water partition coefficient (Wildman–Crippen LogP) is 0.274. The maximum Gasteiger partial charge on any atom is 0.252 e. The van der Waals surface area contributed by atoms with Gasteiger partial charge in [0.15, 0.2) is 0 Å². The molecule has 1 heterocycles. The summed E-state index contributed by atoms with van der Waals surface area (Å²) in [7, 11) is 0. The minimum atomic E-state index is -2.67. The number of carbonyl (C=O) groups is 2. The van der Waals surface area contributed by atoms with Crippen molar-refractivity contribution in [2.24, 2.45) is 0 Å². The lowest BCUT2D eigenvalue weighted by atomic mass is 9.88. The van der Waals surface area contributed by atoms with Gasteiger partial charge in [0, 0.05) is 25.4 Å². The van der Waals surface area contributed by atoms with Crippen molar-refractivity contribution in [3.63, 3.8) is 0 Å². The quantitative estimate of drug-likeness (QED) is 0.777. The molecular formula is C12H18F2N2O3. The standard InChI is InChI=1S/C12H18F2N2O3/c13-12(14)5-8(6-12)15-10(18)7-16-4-2-1-3-9(17)11(16)19/h8-9,17H,1-7H2,(H,15,18). The summed E-state index contributed by atoms with van der Waals surface area (Å²) in [4.78, 5) is 24.7. The number of nitrogens with one attached hydrogen (secondary N) is 1. The lowest BCUT2D eigenvalue weighted by molar-refractivity contribution is -0.144. The number of amides is 2. The number of carbonyl (C=O) groups excluding carboxylic acids is 2. The number of likely N-dealkylation sites (tertiary alicyclic amines) is 1. The van der Waals surface area contributed by atoms with Crippen molar-refractivity contribution in [1.82, 2.24) is 10.2 Å². The first-order chi connectivity index (χ1) is 8.87. The molecule has 1 aliphatic heterocycles. The van der Waals surface area contributed by atoms with E-state index in [0.717, 1.165) is 12.8 Å². The summed E-state index contributed by atoms with van der Waals surface area (Å²) in [5.74, 6) is -3.57. The van der Waals surface area contributed by atoms with E-state index in [-0.39, 0.29) is 19.4 Å². The molecule has 1 saturated heterocycles. The maximum absolute atomic E-state index is 12.6. The molecule has 2 N–H and O–H groups in total. The van der Waals surface area contributed by atoms with Crippen molar-refractivity contribution < 1.29 is 23.5 Å². The molecule has 1 unspecified atom stereocenters. The first kappa shape index (κ1) is 14.2. The second-order valence-electron chi connectivity index (χ2n) is 5.30. The Morgan fingerprint density at radius 2 is 2.11 bits per heavy atom. The number of aliphatic hydroxyl groups is 1. The first-order valence-corrected chi connectivity index (χ1v) is 6.51. The molecule has 2 amide bonds. The van der Waals surface area contributed by atoms with E-state index in [2.05, 4.69) is 5.32 Å². The van der Waals surface area contributed by atoms with Crippen molar-refractivity contribution in [1.29, 1.82) is 0 Å². The van der Waals surface area contributed by atoms with E-state index >= 15 is 0 Å². The number of halogens is 2. The Balaban J connectivity index is 1.79. The van der Waals surface area contributed by atoms with Crippen molar-refractivity contribution in [2.45, 2.75) is 50.2 Å². The lowest BCUT2D eigenvalue weighted by Crippen LogP contribution is -2.53. The van der Waals surface area contributed by atoms with E-state index in [1.807, 2.05) is 0 Å². The lowest BCUT2D eigenvalue weighted by Gasteiger charge is -2.35. The van der Waals surface area contributed by atoms with E-state index in [0.29, 0.717) is 13.0 Å². The molecule has 0 spiro atoms. The van der Waals surface area contributed by atoms with Crippen molar-refractivity contribution in [2.75, 3.05) is 13.1 Å². The molecule has 0 aromatic carbocycles. The van der Waals surface area contributed by atoms with Gasteiger partial charge in [-0.2, -0.15) is 0 Å². The highest BCUT2D eigenvalue weighted by Gasteiger charge is 2.46. The predicted molar refractivity (Wildman–Crippen MR) is 62.5 cm³/mol. The third-order valence-corrected chi connectivity index (χ3v) is 3.54. The molecule has 1 aliphatic carbocycles. The molecular weight excluding hydrogens is 258 g/mol. The molecule has 7 heteroatoms. The molecule has 0 aromatic heterocycles. The zero-order valence-electron chi connectivity index (χ0n) is 10.6. The number of nitrogens with zero attached hydrogens (tertiary/aromatic N) is 1. The van der Waals surface area contributed by atoms with Gasteiger partial charge >= 0.3 is 0 Å². The molecule has 2 rings (SSSR count). The summed E-state index contributed by atoms with van der Waals surface area (Å²) >= 11 is 0. The van der Waals surface area contributed by atoms with Crippen LogP contribution in [0.3, 0.4) is 0 Å². The summed E-state index contributed by atoms with van der Waals surface area (Å²) in [5.41, 5.74) is 0. The fourth-order valence-electron chi connectivity index (χ4n) is 2.45. The Morgan fingerprint density at radius 3 is 2.74 bits per heavy atom. The van der Waals surface area contributed by atoms with E-state index in [1.54, 1.807) is 0 Å². The van der Waals surface area contributed by atoms with Crippen LogP contribution in [0, 0.1) is 0 Å². The minimum absolute atomic E-state index is 0.169. The van der Waals surface area contributed by atoms with Crippen LogP contribution in [0.1, 0.15) is 32.1 Å². The van der Waals surface area contributed by atoms with Crippen molar-refractivity contribution in [3.05, 3.63) is 0 Å². The second-order valence-corrected chi connectivity index (χ2v) is 5.30. The smallest absolute Gasteiger partial charge is 0.252 e. The second kappa shape index (κ2) is 5.40. The summed E-state index contributed by atoms with van der Waals surface area (Å²) in [6.07, 6.45) is 0.150. The monoisotopic (exact) mass is 276 g/mol. The molecule has 2 fully saturated rings. The van der Waals surface area contributed by atoms with Crippen LogP contribution in [0.2, 0.25) is 0 Å². The van der Waals surface area contributed by atoms with Gasteiger partial charge < -0.3 is 15.3 Å². The average molecular weight is 276 g/mol. The Labute approximate surface area is 109 Å². The zero-order valence-corrected chi connectivity index (χ0v) is 10.6. The molecule has 108 valence electrons. The van der Waals surface area contributed by atoms with E-state index < -0.39 is 29.9 Å². The van der Waals surface area contributed by atoms with Gasteiger partial charge in [0.1, 0.15) is 6.10 Å². The Morgan fingerprint density at radius 1 is 1.42 bits per heavy atom. The van der Waals surface area contributed by atoms with Crippen molar-refractivity contribution >= 4 is 11.8 Å². The fraction of sp³-hybridized carbons (Fsp3) is 0.833. The molecule has 0 aromatic rings. The average Bonchev–Trinajstić information content (AvgIpc) is 2.42. The van der Waals surface area contributed by atoms with E-state index in [4.69, 9.17) is 0 Å². The number of hydrogen-bond donors (Lipinski definition) is 2. The van der Waals surface area contributed by atoms with Crippen LogP contribution in [-0.2, 0) is 9.59 Å². The summed E-state index contributed by atoms with van der Waals surface area (Å²) < 4.78 is 25.2. The van der Waals surface area contributed by atoms with Gasteiger partial charge in [0.05, 0.1) is 6.54 Å². The van der Waals surface area contributed by atoms with Crippen LogP contribution < -0.4 is 5.32 Å². The van der Waals surface area contributed by atoms with Gasteiger partial charge in [-0.1, -0.05) is 0 Å². The zero-order chi connectivity index (χ0) is 14.0. The van der Waals surface area contributed by atoms with Crippen LogP contribution in [0.5, 0.6) is 0 Å². The van der Waals surface area contributed by atoms with Gasteiger partial charge in [0.25, 0.3) is 11.8 Å². The Bertz CT molecular complexity index is 368. The highest BCUT2D eigenvalue weighted by Crippen LogP contribution is 2.37. The molecule has 1 atom stereocenters. The SMILES string of the molecule is O=C(CN1CCCCC(O)C1=O)NC1CC(F)(F)C1. The minimum Gasteiger partial charge on any atom is -0.383 e. The molecule has 19 heavy (non-hydrogen) atoms. The Hall–Kier alpha value is -1.24. The van der Waals surface area contributed by atoms with E-state index in [9.17, 15) is 23.5 Å². The fourth-order valence-corrected chi connectivity index (χ4v) is 2.45. The summed E-state index contributed by atoms with van der Waals surface area (Å²) in [5, 5.41) is 12.0. The van der Waals surface area contributed by atoms with Crippen molar-refractivity contribution in [3.8, 4) is 0 Å². The third-order valence-electron chi connectivity index (χ3n) is 3.54. The Kier molecular flexibility index (Phi) is 4.03. The van der Waals surface area contributed by atoms with Gasteiger partial charge in [0.2, 0.25) is 5.91 Å². The highest BCUT2D eigenvalue weighted by atomic mass is 19.3. The van der Waals surface area contributed by atoms with Gasteiger partial charge in [-0.25, -0.2) is 8.78 Å². The normalized spacial score (nSPS) is 27.6. The third kappa shape index (κ3) is 3.62. The number of rotatable bonds is 3. The molecule has 5 nitrogen and oxygen atoms in total. The van der Waals surface area contributed by atoms with Crippen LogP contribution in [0.4, 0.5) is 8.78 Å². The molecule has 0 radical (unpaired) electrons. The maximum atomic E-state index is 12.6. The molecule has 0 bridgehead atoms. The summed E-state index contributed by atoms with van der Waals surface area (Å²) in [6.45, 7) is 0.252. The number of aliphatic hydroxyl groups excluding tert-OH is 1.